The first-order chi connectivity index (χ1) is 18.9. The lowest BCUT2D eigenvalue weighted by molar-refractivity contribution is -0.133. The molecule has 1 aromatic carbocycles. The van der Waals surface area contributed by atoms with Crippen molar-refractivity contribution in [2.75, 3.05) is 0 Å². The van der Waals surface area contributed by atoms with Crippen molar-refractivity contribution in [3.63, 3.8) is 0 Å². The van der Waals surface area contributed by atoms with Gasteiger partial charge in [-0.1, -0.05) is 0 Å². The lowest BCUT2D eigenvalue weighted by Crippen LogP contribution is -1.96. The van der Waals surface area contributed by atoms with Crippen molar-refractivity contribution in [2.45, 2.75) is 0 Å². The van der Waals surface area contributed by atoms with Crippen molar-refractivity contribution >= 4 is 112 Å². The second-order valence-electron chi connectivity index (χ2n) is 8.02. The molecule has 39 heavy (non-hydrogen) atoms. The predicted octanol–water partition coefficient (Wildman–Crippen LogP) is 7.56. The van der Waals surface area contributed by atoms with E-state index in [0.29, 0.717) is 9.75 Å². The molecule has 0 aliphatic carbocycles. The Balaban J connectivity index is 1.47. The Morgan fingerprint density at radius 2 is 1.13 bits per heavy atom. The van der Waals surface area contributed by atoms with Crippen molar-refractivity contribution < 1.29 is 19.8 Å². The van der Waals surface area contributed by atoms with E-state index in [9.17, 15) is 9.59 Å². The van der Waals surface area contributed by atoms with E-state index in [0.717, 1.165) is 62.4 Å². The molecule has 6 aromatic rings. The number of rotatable bonds is 6. The molecule has 0 aliphatic heterocycles. The summed E-state index contributed by atoms with van der Waals surface area (Å²) in [6, 6.07) is 15.0. The minimum absolute atomic E-state index is 0.318. The summed E-state index contributed by atoms with van der Waals surface area (Å²) in [6.45, 7) is 0. The third-order valence-corrected chi connectivity index (χ3v) is 11.1. The minimum atomic E-state index is -1.26. The number of nitriles is 2. The Hall–Kier alpha value is -4.24. The number of fused-ring (bicyclic) bond motifs is 6. The lowest BCUT2D eigenvalue weighted by Gasteiger charge is -1.94. The quantitative estimate of drug-likeness (QED) is 0.147. The molecule has 2 N–H and O–H groups in total. The molecular weight excluding hydrogens is 593 g/mol. The highest BCUT2D eigenvalue weighted by atomic mass is 32.1. The Labute approximate surface area is 239 Å². The maximum Gasteiger partial charge on any atom is 0.346 e. The van der Waals surface area contributed by atoms with E-state index < -0.39 is 11.9 Å². The van der Waals surface area contributed by atoms with Crippen LogP contribution in [0.3, 0.4) is 0 Å². The molecule has 5 heterocycles. The standard InChI is InChI=1S/C26H10N4O4S5/c27-9-11(25(31)32)5-13-1-3-17(35-13)19-7-15-21-22(30-39-29-21)16-8-20(38-24(16)23(15)37-19)18-4-2-14(36-18)6-12(10-28)26(33)34/h1-8H,(H,31,32)(H,33,34)/b11-5-,12-6-. The van der Waals surface area contributed by atoms with Crippen LogP contribution < -0.4 is 0 Å². The third kappa shape index (κ3) is 4.42. The van der Waals surface area contributed by atoms with E-state index in [2.05, 4.69) is 20.9 Å². The molecule has 0 bridgehead atoms. The van der Waals surface area contributed by atoms with E-state index in [-0.39, 0.29) is 11.1 Å². The first-order valence-corrected chi connectivity index (χ1v) is 14.9. The Bertz CT molecular complexity index is 1970. The van der Waals surface area contributed by atoms with Crippen LogP contribution in [0.5, 0.6) is 0 Å². The van der Waals surface area contributed by atoms with Gasteiger partial charge in [-0.3, -0.25) is 0 Å². The summed E-state index contributed by atoms with van der Waals surface area (Å²) < 4.78 is 11.3. The number of carboxylic acid groups (broad SMARTS) is 2. The van der Waals surface area contributed by atoms with Gasteiger partial charge in [0.2, 0.25) is 0 Å². The molecule has 0 radical (unpaired) electrons. The Kier molecular flexibility index (Phi) is 6.31. The van der Waals surface area contributed by atoms with E-state index >= 15 is 0 Å². The highest BCUT2D eigenvalue weighted by Crippen LogP contribution is 2.48. The largest absolute Gasteiger partial charge is 0.477 e. The molecule has 188 valence electrons. The van der Waals surface area contributed by atoms with Gasteiger partial charge in [0, 0.05) is 40.0 Å². The van der Waals surface area contributed by atoms with Gasteiger partial charge in [-0.15, -0.1) is 45.3 Å². The number of nitrogens with zero attached hydrogens (tertiary/aromatic N) is 4. The third-order valence-electron chi connectivity index (χ3n) is 5.68. The van der Waals surface area contributed by atoms with Crippen molar-refractivity contribution in [1.29, 1.82) is 10.5 Å². The van der Waals surface area contributed by atoms with Crippen LogP contribution in [-0.4, -0.2) is 30.9 Å². The highest BCUT2D eigenvalue weighted by Gasteiger charge is 2.20. The van der Waals surface area contributed by atoms with Crippen molar-refractivity contribution in [3.8, 4) is 31.6 Å². The smallest absolute Gasteiger partial charge is 0.346 e. The molecule has 6 rings (SSSR count). The zero-order valence-electron chi connectivity index (χ0n) is 19.2. The van der Waals surface area contributed by atoms with Crippen molar-refractivity contribution in [1.82, 2.24) is 8.75 Å². The van der Waals surface area contributed by atoms with E-state index in [1.807, 2.05) is 12.1 Å². The molecule has 0 fully saturated rings. The molecular formula is C26H10N4O4S5. The topological polar surface area (TPSA) is 148 Å². The molecule has 8 nitrogen and oxygen atoms in total. The van der Waals surface area contributed by atoms with Crippen LogP contribution in [0, 0.1) is 22.7 Å². The predicted molar refractivity (Wildman–Crippen MR) is 157 cm³/mol. The van der Waals surface area contributed by atoms with Gasteiger partial charge < -0.3 is 10.2 Å². The fraction of sp³-hybridized carbons (Fsp3) is 0. The maximum atomic E-state index is 11.2. The van der Waals surface area contributed by atoms with E-state index in [1.165, 1.54) is 34.8 Å². The first kappa shape index (κ1) is 25.1. The van der Waals surface area contributed by atoms with Gasteiger partial charge in [-0.25, -0.2) is 9.59 Å². The monoisotopic (exact) mass is 602 g/mol. The zero-order chi connectivity index (χ0) is 27.3. The fourth-order valence-electron chi connectivity index (χ4n) is 3.95. The highest BCUT2D eigenvalue weighted by molar-refractivity contribution is 7.32. The summed E-state index contributed by atoms with van der Waals surface area (Å²) in [7, 11) is 0. The van der Waals surface area contributed by atoms with Gasteiger partial charge >= 0.3 is 11.9 Å². The van der Waals surface area contributed by atoms with Gasteiger partial charge in [0.05, 0.1) is 21.1 Å². The number of thiophene rings is 4. The summed E-state index contributed by atoms with van der Waals surface area (Å²) in [5.74, 6) is -2.52. The van der Waals surface area contributed by atoms with E-state index in [1.54, 1.807) is 46.9 Å². The molecule has 0 saturated carbocycles. The average Bonchev–Trinajstić information content (AvgIpc) is 3.73. The number of carbonyl (C=O) groups is 2. The number of aliphatic carboxylic acids is 2. The number of benzene rings is 1. The average molecular weight is 603 g/mol. The Morgan fingerprint density at radius 3 is 1.51 bits per heavy atom. The molecule has 0 unspecified atom stereocenters. The first-order valence-electron chi connectivity index (χ1n) is 10.9. The maximum absolute atomic E-state index is 11.2. The second-order valence-corrected chi connectivity index (χ2v) is 12.9. The van der Waals surface area contributed by atoms with E-state index in [4.69, 9.17) is 20.7 Å². The molecule has 0 saturated heterocycles. The van der Waals surface area contributed by atoms with Crippen molar-refractivity contribution in [3.05, 3.63) is 57.3 Å². The molecule has 0 aliphatic rings. The van der Waals surface area contributed by atoms with Crippen LogP contribution in [-0.2, 0) is 9.59 Å². The van der Waals surface area contributed by atoms with Gasteiger partial charge in [0.15, 0.2) is 0 Å². The molecule has 0 atom stereocenters. The molecule has 0 spiro atoms. The number of aromatic nitrogens is 2. The lowest BCUT2D eigenvalue weighted by atomic mass is 10.1. The van der Waals surface area contributed by atoms with Gasteiger partial charge in [-0.2, -0.15) is 19.3 Å². The number of carboxylic acids is 2. The molecule has 13 heteroatoms. The van der Waals surface area contributed by atoms with Crippen LogP contribution >= 0.6 is 57.1 Å². The number of hydrogen-bond donors (Lipinski definition) is 2. The van der Waals surface area contributed by atoms with Crippen LogP contribution in [0.4, 0.5) is 0 Å². The fourth-order valence-corrected chi connectivity index (χ4v) is 9.07. The van der Waals surface area contributed by atoms with Crippen LogP contribution in [0.2, 0.25) is 0 Å². The summed E-state index contributed by atoms with van der Waals surface area (Å²) >= 11 is 7.21. The van der Waals surface area contributed by atoms with Crippen LogP contribution in [0.25, 0.3) is 62.9 Å². The second kappa shape index (κ2) is 9.81. The molecule has 0 amide bonds. The summed E-state index contributed by atoms with van der Waals surface area (Å²) in [5, 5.41) is 38.4. The summed E-state index contributed by atoms with van der Waals surface area (Å²) in [6.07, 6.45) is 2.74. The van der Waals surface area contributed by atoms with Gasteiger partial charge in [0.25, 0.3) is 0 Å². The van der Waals surface area contributed by atoms with Gasteiger partial charge in [0.1, 0.15) is 34.3 Å². The zero-order valence-corrected chi connectivity index (χ0v) is 23.2. The normalized spacial score (nSPS) is 12.3. The summed E-state index contributed by atoms with van der Waals surface area (Å²) in [5.41, 5.74) is 1.00. The van der Waals surface area contributed by atoms with Crippen molar-refractivity contribution in [2.24, 2.45) is 0 Å². The minimum Gasteiger partial charge on any atom is -0.477 e. The molecule has 5 aromatic heterocycles. The number of hydrogen-bond acceptors (Lipinski definition) is 11. The van der Waals surface area contributed by atoms with Crippen LogP contribution in [0.15, 0.2) is 47.5 Å². The Morgan fingerprint density at radius 1 is 0.692 bits per heavy atom. The van der Waals surface area contributed by atoms with Gasteiger partial charge in [-0.05, 0) is 48.6 Å². The SMILES string of the molecule is N#C/C(=C/c1ccc(-c2cc3c4nsnc4c4cc(-c5ccc(/C=C(/C#N)C(=O)O)s5)sc4c3s2)s1)C(=O)O. The van der Waals surface area contributed by atoms with Crippen LogP contribution in [0.1, 0.15) is 9.75 Å². The summed E-state index contributed by atoms with van der Waals surface area (Å²) in [4.78, 5) is 27.7.